The number of benzene rings is 2. The Morgan fingerprint density at radius 3 is 2.37 bits per heavy atom. The van der Waals surface area contributed by atoms with Gasteiger partial charge >= 0.3 is 5.97 Å². The van der Waals surface area contributed by atoms with Gasteiger partial charge in [-0.3, -0.25) is 4.79 Å². The molecular formula is C27H35FO7. The summed E-state index contributed by atoms with van der Waals surface area (Å²) in [4.78, 5) is 10.8. The highest BCUT2D eigenvalue weighted by Gasteiger charge is 2.17. The zero-order chi connectivity index (χ0) is 25.8. The van der Waals surface area contributed by atoms with Crippen LogP contribution in [0.25, 0.3) is 17.2 Å². The summed E-state index contributed by atoms with van der Waals surface area (Å²) in [6, 6.07) is 9.91. The zero-order valence-electron chi connectivity index (χ0n) is 20.4. The molecule has 0 aliphatic rings. The molecule has 0 spiro atoms. The van der Waals surface area contributed by atoms with Crippen molar-refractivity contribution >= 4 is 12.0 Å². The summed E-state index contributed by atoms with van der Waals surface area (Å²) >= 11 is 0. The minimum atomic E-state index is -1.16. The van der Waals surface area contributed by atoms with E-state index in [-0.39, 0.29) is 18.2 Å². The second-order valence-corrected chi connectivity index (χ2v) is 8.50. The molecule has 8 heteroatoms. The Morgan fingerprint density at radius 2 is 1.74 bits per heavy atom. The van der Waals surface area contributed by atoms with Gasteiger partial charge in [0.1, 0.15) is 18.2 Å². The summed E-state index contributed by atoms with van der Waals surface area (Å²) in [5, 5.41) is 29.0. The van der Waals surface area contributed by atoms with E-state index in [0.717, 1.165) is 22.3 Å². The van der Waals surface area contributed by atoms with Gasteiger partial charge in [-0.15, -0.1) is 0 Å². The molecule has 0 saturated heterocycles. The Labute approximate surface area is 205 Å². The molecule has 0 radical (unpaired) electrons. The largest absolute Gasteiger partial charge is 0.491 e. The number of aliphatic hydroxyl groups is 2. The topological polar surface area (TPSA) is 105 Å². The molecule has 192 valence electrons. The van der Waals surface area contributed by atoms with E-state index < -0.39 is 24.6 Å². The molecule has 35 heavy (non-hydrogen) atoms. The van der Waals surface area contributed by atoms with Crippen LogP contribution in [0, 0.1) is 5.82 Å². The fourth-order valence-corrected chi connectivity index (χ4v) is 3.58. The third-order valence-corrected chi connectivity index (χ3v) is 5.30. The molecule has 2 atom stereocenters. The third kappa shape index (κ3) is 9.78. The predicted octanol–water partition coefficient (Wildman–Crippen LogP) is 4.26. The Hall–Kier alpha value is -2.78. The van der Waals surface area contributed by atoms with E-state index >= 15 is 0 Å². The molecule has 7 nitrogen and oxygen atoms in total. The standard InChI is InChI=1S/C27H35FO7/c1-18(2)25-16-23(35-13-12-34-11-10-33-3)17-26(19-4-6-20(28)7-5-19)24(25)9-8-21(29)14-22(30)15-27(31)32/h4-9,16-18,21-22,29-30H,10-15H2,1-3H3,(H,31,32). The van der Waals surface area contributed by atoms with Gasteiger partial charge in [-0.05, 0) is 52.4 Å². The second-order valence-electron chi connectivity index (χ2n) is 8.50. The van der Waals surface area contributed by atoms with Crippen molar-refractivity contribution in [3.05, 3.63) is 59.4 Å². The van der Waals surface area contributed by atoms with E-state index in [4.69, 9.17) is 19.3 Å². The molecule has 0 aliphatic carbocycles. The average Bonchev–Trinajstić information content (AvgIpc) is 2.79. The highest BCUT2D eigenvalue weighted by molar-refractivity contribution is 5.79. The van der Waals surface area contributed by atoms with Crippen molar-refractivity contribution in [3.63, 3.8) is 0 Å². The monoisotopic (exact) mass is 490 g/mol. The van der Waals surface area contributed by atoms with Crippen molar-refractivity contribution in [1.82, 2.24) is 0 Å². The number of aliphatic hydroxyl groups excluding tert-OH is 2. The number of carbonyl (C=O) groups is 1. The third-order valence-electron chi connectivity index (χ3n) is 5.30. The van der Waals surface area contributed by atoms with Gasteiger partial charge in [0.2, 0.25) is 0 Å². The Bertz CT molecular complexity index is 957. The van der Waals surface area contributed by atoms with Crippen molar-refractivity contribution in [3.8, 4) is 16.9 Å². The van der Waals surface area contributed by atoms with Crippen LogP contribution in [0.4, 0.5) is 4.39 Å². The van der Waals surface area contributed by atoms with Gasteiger partial charge in [-0.1, -0.05) is 38.1 Å². The zero-order valence-corrected chi connectivity index (χ0v) is 20.4. The van der Waals surface area contributed by atoms with Crippen molar-refractivity contribution in [2.45, 2.75) is 44.8 Å². The van der Waals surface area contributed by atoms with E-state index in [1.54, 1.807) is 25.3 Å². The van der Waals surface area contributed by atoms with Gasteiger partial charge in [0.25, 0.3) is 0 Å². The average molecular weight is 491 g/mol. The van der Waals surface area contributed by atoms with Gasteiger partial charge in [0.15, 0.2) is 0 Å². The maximum Gasteiger partial charge on any atom is 0.305 e. The fourth-order valence-electron chi connectivity index (χ4n) is 3.58. The Morgan fingerprint density at radius 1 is 1.06 bits per heavy atom. The van der Waals surface area contributed by atoms with Crippen molar-refractivity contribution in [2.75, 3.05) is 33.5 Å². The summed E-state index contributed by atoms with van der Waals surface area (Å²) in [6.45, 7) is 5.80. The van der Waals surface area contributed by atoms with Crippen molar-refractivity contribution < 1.29 is 38.7 Å². The normalized spacial score (nSPS) is 13.3. The molecule has 3 N–H and O–H groups in total. The Kier molecular flexibility index (Phi) is 11.9. The molecule has 0 aromatic heterocycles. The first kappa shape index (κ1) is 28.5. The molecule has 2 rings (SSSR count). The van der Waals surface area contributed by atoms with Gasteiger partial charge in [0, 0.05) is 13.5 Å². The summed E-state index contributed by atoms with van der Waals surface area (Å²) in [5.74, 6) is -0.740. The number of aliphatic carboxylic acids is 1. The molecule has 0 amide bonds. The maximum absolute atomic E-state index is 13.6. The lowest BCUT2D eigenvalue weighted by Crippen LogP contribution is -2.19. The first-order chi connectivity index (χ1) is 16.7. The minimum Gasteiger partial charge on any atom is -0.491 e. The first-order valence-corrected chi connectivity index (χ1v) is 11.6. The van der Waals surface area contributed by atoms with Gasteiger partial charge in [-0.25, -0.2) is 4.39 Å². The lowest BCUT2D eigenvalue weighted by molar-refractivity contribution is -0.139. The highest BCUT2D eigenvalue weighted by Crippen LogP contribution is 2.36. The smallest absolute Gasteiger partial charge is 0.305 e. The van der Waals surface area contributed by atoms with Crippen molar-refractivity contribution in [2.24, 2.45) is 0 Å². The van der Waals surface area contributed by atoms with Crippen molar-refractivity contribution in [1.29, 1.82) is 0 Å². The fraction of sp³-hybridized carbons (Fsp3) is 0.444. The number of hydrogen-bond acceptors (Lipinski definition) is 6. The highest BCUT2D eigenvalue weighted by atomic mass is 19.1. The number of carboxylic acid groups (broad SMARTS) is 1. The van der Waals surface area contributed by atoms with E-state index in [1.165, 1.54) is 18.2 Å². The lowest BCUT2D eigenvalue weighted by Gasteiger charge is -2.19. The quantitative estimate of drug-likeness (QED) is 0.321. The van der Waals surface area contributed by atoms with Crippen LogP contribution in [-0.4, -0.2) is 67.0 Å². The second kappa shape index (κ2) is 14.6. The number of methoxy groups -OCH3 is 1. The summed E-state index contributed by atoms with van der Waals surface area (Å²) in [6.07, 6.45) is 0.550. The molecule has 0 bridgehead atoms. The molecule has 0 aliphatic heterocycles. The summed E-state index contributed by atoms with van der Waals surface area (Å²) in [5.41, 5.74) is 3.34. The molecule has 2 unspecified atom stereocenters. The first-order valence-electron chi connectivity index (χ1n) is 11.6. The van der Waals surface area contributed by atoms with Crippen LogP contribution >= 0.6 is 0 Å². The van der Waals surface area contributed by atoms with E-state index in [0.29, 0.717) is 32.2 Å². The van der Waals surface area contributed by atoms with Crippen LogP contribution < -0.4 is 4.74 Å². The number of rotatable bonds is 15. The number of carboxylic acids is 1. The summed E-state index contributed by atoms with van der Waals surface area (Å²) < 4.78 is 29.9. The van der Waals surface area contributed by atoms with Gasteiger partial charge < -0.3 is 29.5 Å². The van der Waals surface area contributed by atoms with Crippen LogP contribution in [0.5, 0.6) is 5.75 Å². The maximum atomic E-state index is 13.6. The number of halogens is 1. The van der Waals surface area contributed by atoms with Gasteiger partial charge in [0.05, 0.1) is 38.4 Å². The molecule has 2 aromatic carbocycles. The number of ether oxygens (including phenoxy) is 3. The molecule has 2 aromatic rings. The SMILES string of the molecule is COCCOCCOc1cc(-c2ccc(F)cc2)c(C=CC(O)CC(O)CC(=O)O)c(C(C)C)c1. The molecule has 0 heterocycles. The lowest BCUT2D eigenvalue weighted by atomic mass is 9.89. The molecule has 0 fully saturated rings. The van der Waals surface area contributed by atoms with Crippen LogP contribution in [0.1, 0.15) is 43.7 Å². The predicted molar refractivity (Wildman–Crippen MR) is 132 cm³/mol. The number of hydrogen-bond donors (Lipinski definition) is 3. The van der Waals surface area contributed by atoms with Crippen LogP contribution in [-0.2, 0) is 14.3 Å². The Balaban J connectivity index is 2.35. The van der Waals surface area contributed by atoms with E-state index in [1.807, 2.05) is 26.0 Å². The van der Waals surface area contributed by atoms with E-state index in [9.17, 15) is 19.4 Å². The molecule has 0 saturated carbocycles. The summed E-state index contributed by atoms with van der Waals surface area (Å²) in [7, 11) is 1.61. The van der Waals surface area contributed by atoms with E-state index in [2.05, 4.69) is 0 Å². The molecular weight excluding hydrogens is 455 g/mol. The van der Waals surface area contributed by atoms with Crippen LogP contribution in [0.2, 0.25) is 0 Å². The van der Waals surface area contributed by atoms with Crippen LogP contribution in [0.15, 0.2) is 42.5 Å². The minimum absolute atomic E-state index is 0.101. The van der Waals surface area contributed by atoms with Gasteiger partial charge in [-0.2, -0.15) is 0 Å². The van der Waals surface area contributed by atoms with Crippen LogP contribution in [0.3, 0.4) is 0 Å².